The van der Waals surface area contributed by atoms with Crippen molar-refractivity contribution in [2.75, 3.05) is 13.7 Å². The van der Waals surface area contributed by atoms with E-state index < -0.39 is 0 Å². The van der Waals surface area contributed by atoms with Crippen LogP contribution in [0.25, 0.3) is 0 Å². The highest BCUT2D eigenvalue weighted by Crippen LogP contribution is 2.16. The minimum absolute atomic E-state index is 0. The van der Waals surface area contributed by atoms with E-state index in [0.717, 1.165) is 12.5 Å². The first-order chi connectivity index (χ1) is 4.75. The number of nitrogens with one attached hydrogen (secondary N) is 1. The number of allylic oxidation sites excluding steroid dienone is 1. The summed E-state index contributed by atoms with van der Waals surface area (Å²) in [7, 11) is 1.97. The van der Waals surface area contributed by atoms with Crippen LogP contribution < -0.4 is 0 Å². The van der Waals surface area contributed by atoms with Crippen molar-refractivity contribution in [2.24, 2.45) is 0 Å². The second-order valence-electron chi connectivity index (χ2n) is 2.44. The van der Waals surface area contributed by atoms with Crippen molar-refractivity contribution in [3.63, 3.8) is 0 Å². The van der Waals surface area contributed by atoms with Gasteiger partial charge in [-0.2, -0.15) is 0 Å². The second kappa shape index (κ2) is 4.58. The number of likely N-dealkylation sites (N-methyl/N-ethyl adjacent to an activating group) is 1. The van der Waals surface area contributed by atoms with Crippen molar-refractivity contribution in [1.29, 1.82) is 5.41 Å². The van der Waals surface area contributed by atoms with Gasteiger partial charge >= 0.3 is 0 Å². The molecule has 1 saturated heterocycles. The van der Waals surface area contributed by atoms with Gasteiger partial charge in [0.1, 0.15) is 6.61 Å². The maximum Gasteiger partial charge on any atom is 0.190 e. The minimum Gasteiger partial charge on any atom is -0.477 e. The summed E-state index contributed by atoms with van der Waals surface area (Å²) in [5.74, 6) is 0.794. The Kier molecular flexibility index (Phi) is 4.48. The number of hydrogen-bond acceptors (Lipinski definition) is 3. The zero-order chi connectivity index (χ0) is 7.56. The first-order valence-corrected chi connectivity index (χ1v) is 3.32. The third kappa shape index (κ3) is 2.36. The molecule has 1 rings (SSSR count). The molecule has 0 aromatic carbocycles. The van der Waals surface area contributed by atoms with Gasteiger partial charge in [0.05, 0.1) is 6.04 Å². The van der Waals surface area contributed by atoms with E-state index in [1.807, 2.05) is 11.9 Å². The Hall–Kier alpha value is -0.260. The highest BCUT2D eigenvalue weighted by atomic mass is 127. The monoisotopic (exact) mass is 268 g/mol. The molecule has 1 aliphatic rings. The van der Waals surface area contributed by atoms with Crippen LogP contribution in [0.5, 0.6) is 0 Å². The zero-order valence-corrected chi connectivity index (χ0v) is 9.03. The fourth-order valence-corrected chi connectivity index (χ4v) is 0.874. The SMILES string of the molecule is CC1CO/C(=C\C=N)N1C.I. The van der Waals surface area contributed by atoms with Crippen LogP contribution in [0.15, 0.2) is 12.0 Å². The number of ether oxygens (including phenoxy) is 1. The van der Waals surface area contributed by atoms with Crippen LogP contribution in [-0.4, -0.2) is 30.8 Å². The van der Waals surface area contributed by atoms with Gasteiger partial charge in [-0.05, 0) is 6.92 Å². The molecule has 1 fully saturated rings. The summed E-state index contributed by atoms with van der Waals surface area (Å²) < 4.78 is 5.25. The number of nitrogens with zero attached hydrogens (tertiary/aromatic N) is 1. The van der Waals surface area contributed by atoms with Gasteiger partial charge < -0.3 is 15.0 Å². The van der Waals surface area contributed by atoms with Gasteiger partial charge in [-0.3, -0.25) is 0 Å². The molecule has 3 nitrogen and oxygen atoms in total. The molecule has 0 spiro atoms. The lowest BCUT2D eigenvalue weighted by Gasteiger charge is -2.13. The summed E-state index contributed by atoms with van der Waals surface area (Å²) in [5.41, 5.74) is 0. The van der Waals surface area contributed by atoms with Gasteiger partial charge in [0.2, 0.25) is 0 Å². The van der Waals surface area contributed by atoms with E-state index in [-0.39, 0.29) is 24.0 Å². The van der Waals surface area contributed by atoms with Gasteiger partial charge in [0.15, 0.2) is 5.88 Å². The molecular weight excluding hydrogens is 255 g/mol. The number of hydrogen-bond donors (Lipinski definition) is 1. The molecule has 0 saturated carbocycles. The van der Waals surface area contributed by atoms with E-state index in [9.17, 15) is 0 Å². The van der Waals surface area contributed by atoms with Crippen LogP contribution in [0.3, 0.4) is 0 Å². The van der Waals surface area contributed by atoms with E-state index in [0.29, 0.717) is 6.04 Å². The summed E-state index contributed by atoms with van der Waals surface area (Å²) in [6.45, 7) is 2.82. The van der Waals surface area contributed by atoms with Crippen LogP contribution in [0.2, 0.25) is 0 Å². The molecule has 64 valence electrons. The van der Waals surface area contributed by atoms with Crippen molar-refractivity contribution in [1.82, 2.24) is 4.90 Å². The fourth-order valence-electron chi connectivity index (χ4n) is 0.874. The predicted molar refractivity (Wildman–Crippen MR) is 55.5 cm³/mol. The molecule has 1 atom stereocenters. The molecule has 1 heterocycles. The molecule has 1 unspecified atom stereocenters. The molecule has 0 aromatic heterocycles. The standard InChI is InChI=1S/C7H12N2O.HI/c1-6-5-10-7(3-4-8)9(6)2;/h3-4,6,8H,5H2,1-2H3;1H/b7-3-,8-4?;. The molecule has 0 aromatic rings. The first kappa shape index (κ1) is 10.7. The molecule has 0 aliphatic carbocycles. The highest BCUT2D eigenvalue weighted by molar-refractivity contribution is 14.0. The van der Waals surface area contributed by atoms with Crippen molar-refractivity contribution in [2.45, 2.75) is 13.0 Å². The molecule has 0 radical (unpaired) electrons. The van der Waals surface area contributed by atoms with Crippen LogP contribution in [-0.2, 0) is 4.74 Å². The maximum atomic E-state index is 6.82. The molecular formula is C7H13IN2O. The van der Waals surface area contributed by atoms with Gasteiger partial charge in [-0.25, -0.2) is 0 Å². The molecule has 11 heavy (non-hydrogen) atoms. The number of halogens is 1. The average Bonchev–Trinajstić information content (AvgIpc) is 2.20. The molecule has 1 aliphatic heterocycles. The summed E-state index contributed by atoms with van der Waals surface area (Å²) in [5, 5.41) is 6.82. The van der Waals surface area contributed by atoms with Crippen LogP contribution in [0.4, 0.5) is 0 Å². The predicted octanol–water partition coefficient (Wildman–Crippen LogP) is 1.45. The van der Waals surface area contributed by atoms with E-state index in [1.54, 1.807) is 6.08 Å². The smallest absolute Gasteiger partial charge is 0.190 e. The summed E-state index contributed by atoms with van der Waals surface area (Å²) in [4.78, 5) is 2.02. The van der Waals surface area contributed by atoms with Crippen LogP contribution >= 0.6 is 24.0 Å². The topological polar surface area (TPSA) is 36.3 Å². The van der Waals surface area contributed by atoms with Gasteiger partial charge in [-0.1, -0.05) is 0 Å². The lowest BCUT2D eigenvalue weighted by molar-refractivity contribution is 0.244. The third-order valence-electron chi connectivity index (χ3n) is 1.71. The Labute approximate surface area is 83.9 Å². The van der Waals surface area contributed by atoms with Crippen LogP contribution in [0.1, 0.15) is 6.92 Å². The van der Waals surface area contributed by atoms with Crippen molar-refractivity contribution in [3.8, 4) is 0 Å². The van der Waals surface area contributed by atoms with E-state index in [2.05, 4.69) is 6.92 Å². The Bertz CT molecular complexity index is 170. The average molecular weight is 268 g/mol. The Morgan fingerprint density at radius 2 is 2.36 bits per heavy atom. The zero-order valence-electron chi connectivity index (χ0n) is 6.70. The first-order valence-electron chi connectivity index (χ1n) is 3.32. The lowest BCUT2D eigenvalue weighted by atomic mass is 10.3. The van der Waals surface area contributed by atoms with E-state index in [1.165, 1.54) is 6.21 Å². The largest absolute Gasteiger partial charge is 0.477 e. The van der Waals surface area contributed by atoms with Gasteiger partial charge in [0, 0.05) is 19.3 Å². The Morgan fingerprint density at radius 1 is 1.73 bits per heavy atom. The quantitative estimate of drug-likeness (QED) is 0.577. The van der Waals surface area contributed by atoms with E-state index in [4.69, 9.17) is 10.1 Å². The maximum absolute atomic E-state index is 6.82. The summed E-state index contributed by atoms with van der Waals surface area (Å²) >= 11 is 0. The van der Waals surface area contributed by atoms with Crippen molar-refractivity contribution in [3.05, 3.63) is 12.0 Å². The Balaban J connectivity index is 0.000001000. The molecule has 0 bridgehead atoms. The second-order valence-corrected chi connectivity index (χ2v) is 2.44. The fraction of sp³-hybridized carbons (Fsp3) is 0.571. The highest BCUT2D eigenvalue weighted by Gasteiger charge is 2.20. The Morgan fingerprint density at radius 3 is 2.73 bits per heavy atom. The van der Waals surface area contributed by atoms with Gasteiger partial charge in [0.25, 0.3) is 0 Å². The normalized spacial score (nSPS) is 26.2. The van der Waals surface area contributed by atoms with E-state index >= 15 is 0 Å². The third-order valence-corrected chi connectivity index (χ3v) is 1.71. The summed E-state index contributed by atoms with van der Waals surface area (Å²) in [6.07, 6.45) is 2.90. The summed E-state index contributed by atoms with van der Waals surface area (Å²) in [6, 6.07) is 0.436. The lowest BCUT2D eigenvalue weighted by Crippen LogP contribution is -2.21. The van der Waals surface area contributed by atoms with Crippen molar-refractivity contribution >= 4 is 30.2 Å². The molecule has 1 N–H and O–H groups in total. The molecule has 0 amide bonds. The van der Waals surface area contributed by atoms with Crippen LogP contribution in [0, 0.1) is 5.41 Å². The minimum atomic E-state index is 0. The molecule has 4 heteroatoms. The number of rotatable bonds is 1. The van der Waals surface area contributed by atoms with Crippen molar-refractivity contribution < 1.29 is 4.74 Å². The van der Waals surface area contributed by atoms with Gasteiger partial charge in [-0.15, -0.1) is 24.0 Å².